The van der Waals surface area contributed by atoms with Crippen LogP contribution in [-0.2, 0) is 19.0 Å². The Morgan fingerprint density at radius 3 is 2.47 bits per heavy atom. The van der Waals surface area contributed by atoms with E-state index in [9.17, 15) is 4.79 Å². The molecule has 192 valence electrons. The van der Waals surface area contributed by atoms with Gasteiger partial charge in [0.15, 0.2) is 0 Å². The van der Waals surface area contributed by atoms with Crippen molar-refractivity contribution in [3.8, 4) is 0 Å². The maximum Gasteiger partial charge on any atom is 0.302 e. The third-order valence-electron chi connectivity index (χ3n) is 12.8. The van der Waals surface area contributed by atoms with Gasteiger partial charge in [0, 0.05) is 18.8 Å². The predicted molar refractivity (Wildman–Crippen MR) is 132 cm³/mol. The SMILES string of the molecule is CC(=O)O[C@H]1CC[C@@]2(C)[C@@]3(CC[C@@]4(O3)[C@@H]3CC[C@H]([C@H](C)CC[C@H](C)C(C)C)[C@@]3(C)C[C@@H]3O[C@@]324)C1. The Morgan fingerprint density at radius 1 is 1.00 bits per heavy atom. The molecule has 6 aliphatic rings. The highest BCUT2D eigenvalue weighted by Gasteiger charge is 2.94. The number of hydrogen-bond acceptors (Lipinski definition) is 4. The molecule has 0 unspecified atom stereocenters. The lowest BCUT2D eigenvalue weighted by Crippen LogP contribution is -2.65. The van der Waals surface area contributed by atoms with Crippen molar-refractivity contribution in [2.45, 2.75) is 142 Å². The van der Waals surface area contributed by atoms with Gasteiger partial charge in [-0.05, 0) is 80.0 Å². The van der Waals surface area contributed by atoms with Crippen LogP contribution in [0.25, 0.3) is 0 Å². The highest BCUT2D eigenvalue weighted by atomic mass is 16.7. The van der Waals surface area contributed by atoms with Gasteiger partial charge in [-0.1, -0.05) is 54.4 Å². The van der Waals surface area contributed by atoms with E-state index in [1.165, 1.54) is 32.1 Å². The van der Waals surface area contributed by atoms with Crippen molar-refractivity contribution in [1.29, 1.82) is 0 Å². The number of ether oxygens (including phenoxy) is 3. The molecule has 4 nitrogen and oxygen atoms in total. The fourth-order valence-corrected chi connectivity index (χ4v) is 10.8. The van der Waals surface area contributed by atoms with Crippen LogP contribution in [0, 0.1) is 40.4 Å². The average molecular weight is 473 g/mol. The monoisotopic (exact) mass is 472 g/mol. The van der Waals surface area contributed by atoms with Gasteiger partial charge < -0.3 is 14.2 Å². The van der Waals surface area contributed by atoms with Crippen LogP contribution in [0.4, 0.5) is 0 Å². The van der Waals surface area contributed by atoms with Gasteiger partial charge >= 0.3 is 5.97 Å². The molecule has 3 saturated carbocycles. The molecule has 34 heavy (non-hydrogen) atoms. The summed E-state index contributed by atoms with van der Waals surface area (Å²) in [6.45, 7) is 16.3. The second-order valence-electron chi connectivity index (χ2n) is 14.4. The van der Waals surface area contributed by atoms with E-state index in [2.05, 4.69) is 41.5 Å². The third-order valence-corrected chi connectivity index (χ3v) is 12.8. The molecule has 2 bridgehead atoms. The highest BCUT2D eigenvalue weighted by Crippen LogP contribution is 2.85. The second-order valence-corrected chi connectivity index (χ2v) is 14.4. The average Bonchev–Trinajstić information content (AvgIpc) is 3.12. The Labute approximate surface area is 207 Å². The third kappa shape index (κ3) is 2.66. The second kappa shape index (κ2) is 7.24. The fraction of sp³-hybridized carbons (Fsp3) is 0.967. The molecular formula is C30H48O4. The standard InChI is InChI=1S/C30H48O4/c1-18(2)19(3)8-9-20(4)23-10-11-24-26(23,6)17-25-30(33-25)27(7)13-12-22(32-21(5)31)16-28(27)14-15-29(24,30)34-28/h18-20,22-25H,8-17H2,1-7H3/t19-,20+,22-,23+,24+,25-,26+,27-,28+,29+,30-/m0/s1. The van der Waals surface area contributed by atoms with Gasteiger partial charge in [-0.25, -0.2) is 0 Å². The molecular weight excluding hydrogens is 424 g/mol. The zero-order valence-corrected chi connectivity index (χ0v) is 22.7. The van der Waals surface area contributed by atoms with E-state index in [1.54, 1.807) is 6.92 Å². The molecule has 6 rings (SSSR count). The van der Waals surface area contributed by atoms with Crippen molar-refractivity contribution in [3.05, 3.63) is 0 Å². The first-order valence-corrected chi connectivity index (χ1v) is 14.5. The van der Waals surface area contributed by atoms with Crippen molar-refractivity contribution in [2.75, 3.05) is 0 Å². The van der Waals surface area contributed by atoms with Crippen molar-refractivity contribution in [1.82, 2.24) is 0 Å². The van der Waals surface area contributed by atoms with Gasteiger partial charge in [-0.2, -0.15) is 0 Å². The number of carbonyl (C=O) groups is 1. The van der Waals surface area contributed by atoms with Gasteiger partial charge in [0.25, 0.3) is 0 Å². The van der Waals surface area contributed by atoms with Gasteiger partial charge in [0.05, 0.1) is 11.7 Å². The fourth-order valence-electron chi connectivity index (χ4n) is 10.8. The lowest BCUT2D eigenvalue weighted by molar-refractivity contribution is -0.168. The summed E-state index contributed by atoms with van der Waals surface area (Å²) >= 11 is 0. The van der Waals surface area contributed by atoms with E-state index < -0.39 is 0 Å². The van der Waals surface area contributed by atoms with Crippen LogP contribution in [0.5, 0.6) is 0 Å². The molecule has 6 fully saturated rings. The summed E-state index contributed by atoms with van der Waals surface area (Å²) in [4.78, 5) is 11.7. The molecule has 0 aromatic heterocycles. The number of esters is 1. The molecule has 0 radical (unpaired) electrons. The molecule has 0 aromatic rings. The van der Waals surface area contributed by atoms with E-state index in [-0.39, 0.29) is 34.3 Å². The minimum absolute atomic E-state index is 0.000146. The van der Waals surface area contributed by atoms with Crippen molar-refractivity contribution in [2.24, 2.45) is 40.4 Å². The van der Waals surface area contributed by atoms with Gasteiger partial charge in [-0.15, -0.1) is 0 Å². The zero-order valence-electron chi connectivity index (χ0n) is 22.7. The number of rotatable bonds is 6. The molecule has 11 atom stereocenters. The van der Waals surface area contributed by atoms with E-state index in [4.69, 9.17) is 14.2 Å². The first-order valence-electron chi connectivity index (χ1n) is 14.5. The van der Waals surface area contributed by atoms with Gasteiger partial charge in [-0.3, -0.25) is 4.79 Å². The summed E-state index contributed by atoms with van der Waals surface area (Å²) in [5.74, 6) is 3.56. The van der Waals surface area contributed by atoms with Crippen LogP contribution in [-0.4, -0.2) is 35.0 Å². The predicted octanol–water partition coefficient (Wildman–Crippen LogP) is 6.69. The molecule has 3 spiro atoms. The molecule has 3 aliphatic carbocycles. The molecule has 4 heteroatoms. The lowest BCUT2D eigenvalue weighted by atomic mass is 9.44. The normalized spacial score (nSPS) is 54.1. The largest absolute Gasteiger partial charge is 0.462 e. The molecule has 3 saturated heterocycles. The molecule has 0 aromatic carbocycles. The summed E-state index contributed by atoms with van der Waals surface area (Å²) in [5, 5.41) is 0. The molecule has 0 N–H and O–H groups in total. The van der Waals surface area contributed by atoms with Crippen LogP contribution in [0.1, 0.15) is 113 Å². The van der Waals surface area contributed by atoms with Crippen LogP contribution in [0.15, 0.2) is 0 Å². The van der Waals surface area contributed by atoms with E-state index in [1.807, 2.05) is 0 Å². The molecule has 3 heterocycles. The Kier molecular flexibility index (Phi) is 5.06. The van der Waals surface area contributed by atoms with E-state index >= 15 is 0 Å². The first kappa shape index (κ1) is 23.8. The minimum atomic E-state index is -0.179. The number of carbonyl (C=O) groups excluding carboxylic acids is 1. The van der Waals surface area contributed by atoms with Crippen LogP contribution in [0.2, 0.25) is 0 Å². The smallest absolute Gasteiger partial charge is 0.302 e. The summed E-state index contributed by atoms with van der Waals surface area (Å²) in [5.41, 5.74) is -0.0208. The zero-order chi connectivity index (χ0) is 24.3. The Bertz CT molecular complexity index is 870. The van der Waals surface area contributed by atoms with E-state index in [0.717, 1.165) is 55.8 Å². The maximum absolute atomic E-state index is 11.7. The highest BCUT2D eigenvalue weighted by molar-refractivity contribution is 5.66. The summed E-state index contributed by atoms with van der Waals surface area (Å²) in [7, 11) is 0. The summed E-state index contributed by atoms with van der Waals surface area (Å²) < 4.78 is 20.1. The van der Waals surface area contributed by atoms with Crippen LogP contribution in [0.3, 0.4) is 0 Å². The maximum atomic E-state index is 11.7. The topological polar surface area (TPSA) is 48.1 Å². The Hall–Kier alpha value is -0.610. The van der Waals surface area contributed by atoms with Crippen molar-refractivity contribution in [3.63, 3.8) is 0 Å². The van der Waals surface area contributed by atoms with Gasteiger partial charge in [0.2, 0.25) is 0 Å². The number of fused-ring (bicyclic) bond motifs is 1. The molecule has 0 amide bonds. The van der Waals surface area contributed by atoms with Crippen LogP contribution >= 0.6 is 0 Å². The van der Waals surface area contributed by atoms with Crippen molar-refractivity contribution >= 4 is 5.97 Å². The number of hydrogen-bond donors (Lipinski definition) is 0. The quantitative estimate of drug-likeness (QED) is 0.319. The summed E-state index contributed by atoms with van der Waals surface area (Å²) in [6.07, 6.45) is 12.0. The van der Waals surface area contributed by atoms with E-state index in [0.29, 0.717) is 17.4 Å². The van der Waals surface area contributed by atoms with Crippen molar-refractivity contribution < 1.29 is 19.0 Å². The molecule has 3 aliphatic heterocycles. The Morgan fingerprint density at radius 2 is 1.76 bits per heavy atom. The Balaban J connectivity index is 1.28. The van der Waals surface area contributed by atoms with Crippen LogP contribution < -0.4 is 0 Å². The lowest BCUT2D eigenvalue weighted by Gasteiger charge is -2.56. The number of epoxide rings is 1. The summed E-state index contributed by atoms with van der Waals surface area (Å²) in [6, 6.07) is 0. The first-order chi connectivity index (χ1) is 15.9. The minimum Gasteiger partial charge on any atom is -0.462 e. The van der Waals surface area contributed by atoms with Gasteiger partial charge in [0.1, 0.15) is 17.3 Å².